The molecule has 0 spiro atoms. The lowest BCUT2D eigenvalue weighted by Gasteiger charge is -2.10. The number of pyridine rings is 1. The molecule has 12 heavy (non-hydrogen) atoms. The van der Waals surface area contributed by atoms with Crippen LogP contribution in [-0.4, -0.2) is 17.7 Å². The molecule has 0 aliphatic heterocycles. The Labute approximate surface area is 78.4 Å². The minimum absolute atomic E-state index is 0.689. The fourth-order valence-corrected chi connectivity index (χ4v) is 1.08. The van der Waals surface area contributed by atoms with Gasteiger partial charge in [0.05, 0.1) is 24.6 Å². The van der Waals surface area contributed by atoms with Crippen LogP contribution in [0.3, 0.4) is 0 Å². The first kappa shape index (κ1) is 8.86. The Bertz CT molecular complexity index is 291. The van der Waals surface area contributed by atoms with Crippen molar-refractivity contribution in [1.82, 2.24) is 4.98 Å². The Balaban J connectivity index is 3.00. The summed E-state index contributed by atoms with van der Waals surface area (Å²) in [6.07, 6.45) is 5.34. The molecule has 0 radical (unpaired) electrons. The summed E-state index contributed by atoms with van der Waals surface area (Å²) in [6.45, 7) is 0. The first-order chi connectivity index (χ1) is 5.77. The highest BCUT2D eigenvalue weighted by Gasteiger charge is 1.99. The van der Waals surface area contributed by atoms with Crippen LogP contribution in [0.25, 0.3) is 0 Å². The summed E-state index contributed by atoms with van der Waals surface area (Å²) >= 11 is 3.25. The van der Waals surface area contributed by atoms with E-state index in [1.165, 1.54) is 4.90 Å². The fraction of sp³-hybridized carbons (Fsp3) is 0. The summed E-state index contributed by atoms with van der Waals surface area (Å²) in [7, 11) is 0. The zero-order chi connectivity index (χ0) is 8.97. The van der Waals surface area contributed by atoms with Crippen LogP contribution in [0.4, 0.5) is 5.69 Å². The van der Waals surface area contributed by atoms with Crippen LogP contribution < -0.4 is 4.90 Å². The van der Waals surface area contributed by atoms with Gasteiger partial charge in [0.25, 0.3) is 0 Å². The van der Waals surface area contributed by atoms with E-state index in [2.05, 4.69) is 20.9 Å². The molecular formula is C7H7BrN4. The van der Waals surface area contributed by atoms with Gasteiger partial charge in [-0.2, -0.15) is 0 Å². The Morgan fingerprint density at radius 2 is 2.00 bits per heavy atom. The number of hydrogen-bond acceptors (Lipinski definition) is 3. The van der Waals surface area contributed by atoms with Gasteiger partial charge >= 0.3 is 0 Å². The summed E-state index contributed by atoms with van der Waals surface area (Å²) in [5.41, 5.74) is 0.689. The van der Waals surface area contributed by atoms with Crippen molar-refractivity contribution in [2.75, 3.05) is 4.90 Å². The molecular weight excluding hydrogens is 220 g/mol. The number of halogens is 1. The van der Waals surface area contributed by atoms with Gasteiger partial charge in [0.15, 0.2) is 0 Å². The summed E-state index contributed by atoms with van der Waals surface area (Å²) < 4.78 is 0.828. The molecule has 1 aromatic rings. The van der Waals surface area contributed by atoms with Crippen LogP contribution in [0.5, 0.6) is 0 Å². The van der Waals surface area contributed by atoms with E-state index in [-0.39, 0.29) is 0 Å². The van der Waals surface area contributed by atoms with E-state index in [0.29, 0.717) is 5.69 Å². The normalized spacial score (nSPS) is 9.08. The zero-order valence-electron chi connectivity index (χ0n) is 6.16. The lowest BCUT2D eigenvalue weighted by Crippen LogP contribution is -2.17. The number of hydrogen-bond donors (Lipinski definition) is 2. The SMILES string of the molecule is N=CN(C=N)c1cncc(Br)c1. The first-order valence-corrected chi connectivity index (χ1v) is 3.97. The third-order valence-electron chi connectivity index (χ3n) is 1.27. The van der Waals surface area contributed by atoms with Gasteiger partial charge in [-0.15, -0.1) is 0 Å². The van der Waals surface area contributed by atoms with Gasteiger partial charge in [0.1, 0.15) is 0 Å². The van der Waals surface area contributed by atoms with Crippen LogP contribution in [0.15, 0.2) is 22.9 Å². The smallest absolute Gasteiger partial charge is 0.0915 e. The third kappa shape index (κ3) is 1.88. The molecule has 4 nitrogen and oxygen atoms in total. The van der Waals surface area contributed by atoms with Gasteiger partial charge in [-0.1, -0.05) is 0 Å². The number of anilines is 1. The second-order valence-electron chi connectivity index (χ2n) is 2.03. The minimum Gasteiger partial charge on any atom is -0.291 e. The average Bonchev–Trinajstić information content (AvgIpc) is 2.07. The molecule has 62 valence electrons. The standard InChI is InChI=1S/C7H7BrN4/c8-6-1-7(3-11-2-6)12(4-9)5-10/h1-5,9-10H. The molecule has 2 N–H and O–H groups in total. The molecule has 0 bridgehead atoms. The van der Waals surface area contributed by atoms with Crippen molar-refractivity contribution in [3.05, 3.63) is 22.9 Å². The number of aromatic nitrogens is 1. The van der Waals surface area contributed by atoms with Crippen molar-refractivity contribution < 1.29 is 0 Å². The first-order valence-electron chi connectivity index (χ1n) is 3.18. The van der Waals surface area contributed by atoms with E-state index < -0.39 is 0 Å². The summed E-state index contributed by atoms with van der Waals surface area (Å²) in [5, 5.41) is 13.9. The van der Waals surface area contributed by atoms with E-state index in [0.717, 1.165) is 17.1 Å². The molecule has 0 atom stereocenters. The van der Waals surface area contributed by atoms with Gasteiger partial charge in [0.2, 0.25) is 0 Å². The van der Waals surface area contributed by atoms with E-state index in [1.54, 1.807) is 18.5 Å². The largest absolute Gasteiger partial charge is 0.291 e. The highest BCUT2D eigenvalue weighted by Crippen LogP contribution is 2.15. The molecule has 1 rings (SSSR count). The molecule has 1 heterocycles. The van der Waals surface area contributed by atoms with Crippen molar-refractivity contribution >= 4 is 34.3 Å². The van der Waals surface area contributed by atoms with E-state index in [9.17, 15) is 0 Å². The monoisotopic (exact) mass is 226 g/mol. The molecule has 0 fully saturated rings. The predicted octanol–water partition coefficient (Wildman–Crippen LogP) is 1.86. The Kier molecular flexibility index (Phi) is 2.93. The number of nitrogens with zero attached hydrogens (tertiary/aromatic N) is 2. The number of nitrogens with one attached hydrogen (secondary N) is 2. The third-order valence-corrected chi connectivity index (χ3v) is 1.70. The molecule has 0 saturated carbocycles. The Morgan fingerprint density at radius 3 is 2.50 bits per heavy atom. The van der Waals surface area contributed by atoms with E-state index in [1.807, 2.05) is 0 Å². The summed E-state index contributed by atoms with van der Waals surface area (Å²) in [4.78, 5) is 5.25. The summed E-state index contributed by atoms with van der Waals surface area (Å²) in [5.74, 6) is 0. The molecule has 0 unspecified atom stereocenters. The van der Waals surface area contributed by atoms with Crippen LogP contribution in [-0.2, 0) is 0 Å². The molecule has 0 aliphatic carbocycles. The minimum atomic E-state index is 0.689. The molecule has 0 saturated heterocycles. The maximum absolute atomic E-state index is 6.97. The van der Waals surface area contributed by atoms with Gasteiger partial charge < -0.3 is 0 Å². The van der Waals surface area contributed by atoms with Gasteiger partial charge in [-0.25, -0.2) is 0 Å². The lowest BCUT2D eigenvalue weighted by atomic mass is 10.4. The second-order valence-corrected chi connectivity index (χ2v) is 2.94. The maximum atomic E-state index is 6.97. The van der Waals surface area contributed by atoms with Crippen LogP contribution in [0, 0.1) is 10.8 Å². The highest BCUT2D eigenvalue weighted by molar-refractivity contribution is 9.10. The van der Waals surface area contributed by atoms with Crippen LogP contribution >= 0.6 is 15.9 Å². The van der Waals surface area contributed by atoms with Gasteiger partial charge in [-0.05, 0) is 22.0 Å². The average molecular weight is 227 g/mol. The van der Waals surface area contributed by atoms with Crippen molar-refractivity contribution in [3.63, 3.8) is 0 Å². The number of rotatable bonds is 3. The molecule has 0 aromatic carbocycles. The van der Waals surface area contributed by atoms with Gasteiger partial charge in [0, 0.05) is 10.7 Å². The van der Waals surface area contributed by atoms with E-state index in [4.69, 9.17) is 10.8 Å². The lowest BCUT2D eigenvalue weighted by molar-refractivity contribution is 1.27. The zero-order valence-corrected chi connectivity index (χ0v) is 7.75. The predicted molar refractivity (Wildman–Crippen MR) is 52.0 cm³/mol. The quantitative estimate of drug-likeness (QED) is 0.611. The van der Waals surface area contributed by atoms with Crippen molar-refractivity contribution in [2.24, 2.45) is 0 Å². The van der Waals surface area contributed by atoms with Gasteiger partial charge in [-0.3, -0.25) is 20.7 Å². The van der Waals surface area contributed by atoms with Crippen molar-refractivity contribution in [3.8, 4) is 0 Å². The molecule has 0 amide bonds. The van der Waals surface area contributed by atoms with E-state index >= 15 is 0 Å². The fourth-order valence-electron chi connectivity index (χ4n) is 0.728. The molecule has 5 heteroatoms. The van der Waals surface area contributed by atoms with Crippen LogP contribution in [0.1, 0.15) is 0 Å². The summed E-state index contributed by atoms with van der Waals surface area (Å²) in [6, 6.07) is 1.78. The maximum Gasteiger partial charge on any atom is 0.0915 e. The van der Waals surface area contributed by atoms with Crippen molar-refractivity contribution in [2.45, 2.75) is 0 Å². The Hall–Kier alpha value is -1.23. The Morgan fingerprint density at radius 1 is 1.33 bits per heavy atom. The second kappa shape index (κ2) is 3.96. The highest BCUT2D eigenvalue weighted by atomic mass is 79.9. The topological polar surface area (TPSA) is 63.8 Å². The molecule has 0 aliphatic rings. The van der Waals surface area contributed by atoms with Crippen LogP contribution in [0.2, 0.25) is 0 Å². The van der Waals surface area contributed by atoms with Crippen molar-refractivity contribution in [1.29, 1.82) is 10.8 Å². The molecule has 1 aromatic heterocycles.